The molecule has 6 heteroatoms. The van der Waals surface area contributed by atoms with Gasteiger partial charge >= 0.3 is 0 Å². The molecular formula is C27H29FN2O3. The maximum absolute atomic E-state index is 13.4. The van der Waals surface area contributed by atoms with E-state index in [0.29, 0.717) is 5.56 Å². The second-order valence-corrected chi connectivity index (χ2v) is 8.25. The Labute approximate surface area is 194 Å². The molecule has 1 aliphatic rings. The summed E-state index contributed by atoms with van der Waals surface area (Å²) in [7, 11) is 3.31. The van der Waals surface area contributed by atoms with E-state index in [9.17, 15) is 9.18 Å². The molecule has 0 bridgehead atoms. The van der Waals surface area contributed by atoms with Gasteiger partial charge in [-0.15, -0.1) is 0 Å². The number of halogens is 1. The van der Waals surface area contributed by atoms with Gasteiger partial charge in [-0.2, -0.15) is 0 Å². The van der Waals surface area contributed by atoms with Crippen LogP contribution in [-0.4, -0.2) is 44.2 Å². The highest BCUT2D eigenvalue weighted by atomic mass is 19.1. The highest BCUT2D eigenvalue weighted by Crippen LogP contribution is 2.28. The minimum atomic E-state index is -0.347. The summed E-state index contributed by atoms with van der Waals surface area (Å²) in [6, 6.07) is 21.5. The standard InChI is InChI=1S/C27H29FN2O3/c1-32-25-16-20(17-26(18-25)33-2)19-29-14-12-24(13-15-29)30(23-6-4-3-5-7-23)27(31)21-8-10-22(28)11-9-21/h3-11,16-18,24H,12-15,19H2,1-2H3. The average molecular weight is 449 g/mol. The summed E-state index contributed by atoms with van der Waals surface area (Å²) < 4.78 is 24.2. The van der Waals surface area contributed by atoms with Gasteiger partial charge in [0.05, 0.1) is 14.2 Å². The van der Waals surface area contributed by atoms with Crippen LogP contribution in [0.3, 0.4) is 0 Å². The van der Waals surface area contributed by atoms with Crippen LogP contribution in [0, 0.1) is 5.82 Å². The summed E-state index contributed by atoms with van der Waals surface area (Å²) in [5.41, 5.74) is 2.49. The van der Waals surface area contributed by atoms with Crippen molar-refractivity contribution in [2.24, 2.45) is 0 Å². The number of amides is 1. The third-order valence-electron chi connectivity index (χ3n) is 6.08. The van der Waals surface area contributed by atoms with Gasteiger partial charge in [0.2, 0.25) is 0 Å². The number of likely N-dealkylation sites (tertiary alicyclic amines) is 1. The Balaban J connectivity index is 1.48. The van der Waals surface area contributed by atoms with Gasteiger partial charge < -0.3 is 14.4 Å². The van der Waals surface area contributed by atoms with Crippen molar-refractivity contribution in [3.63, 3.8) is 0 Å². The van der Waals surface area contributed by atoms with Crippen LogP contribution >= 0.6 is 0 Å². The number of hydrogen-bond acceptors (Lipinski definition) is 4. The molecule has 0 N–H and O–H groups in total. The molecule has 3 aromatic carbocycles. The predicted molar refractivity (Wildman–Crippen MR) is 127 cm³/mol. The SMILES string of the molecule is COc1cc(CN2CCC(N(C(=O)c3ccc(F)cc3)c3ccccc3)CC2)cc(OC)c1. The van der Waals surface area contributed by atoms with E-state index in [-0.39, 0.29) is 17.8 Å². The fraction of sp³-hybridized carbons (Fsp3) is 0.296. The van der Waals surface area contributed by atoms with Crippen LogP contribution < -0.4 is 14.4 Å². The summed E-state index contributed by atoms with van der Waals surface area (Å²) >= 11 is 0. The zero-order chi connectivity index (χ0) is 23.2. The van der Waals surface area contributed by atoms with Crippen LogP contribution in [0.1, 0.15) is 28.8 Å². The number of benzene rings is 3. The van der Waals surface area contributed by atoms with Crippen molar-refractivity contribution in [3.8, 4) is 11.5 Å². The van der Waals surface area contributed by atoms with E-state index in [1.807, 2.05) is 53.4 Å². The molecule has 1 fully saturated rings. The summed E-state index contributed by atoms with van der Waals surface area (Å²) in [5, 5.41) is 0. The molecule has 1 saturated heterocycles. The minimum Gasteiger partial charge on any atom is -0.497 e. The molecule has 0 aromatic heterocycles. The molecule has 0 atom stereocenters. The van der Waals surface area contributed by atoms with Crippen molar-refractivity contribution in [2.75, 3.05) is 32.2 Å². The first-order valence-electron chi connectivity index (χ1n) is 11.2. The summed E-state index contributed by atoms with van der Waals surface area (Å²) in [6.45, 7) is 2.52. The largest absolute Gasteiger partial charge is 0.497 e. The zero-order valence-corrected chi connectivity index (χ0v) is 19.0. The van der Waals surface area contributed by atoms with Gasteiger partial charge in [0.25, 0.3) is 5.91 Å². The Kier molecular flexibility index (Phi) is 7.25. The maximum atomic E-state index is 13.4. The van der Waals surface area contributed by atoms with Gasteiger partial charge in [0.1, 0.15) is 17.3 Å². The highest BCUT2D eigenvalue weighted by Gasteiger charge is 2.30. The lowest BCUT2D eigenvalue weighted by Crippen LogP contribution is -2.47. The number of hydrogen-bond donors (Lipinski definition) is 0. The number of piperidine rings is 1. The van der Waals surface area contributed by atoms with E-state index >= 15 is 0 Å². The maximum Gasteiger partial charge on any atom is 0.258 e. The van der Waals surface area contributed by atoms with Crippen LogP contribution in [0.5, 0.6) is 11.5 Å². The Hall–Kier alpha value is -3.38. The van der Waals surface area contributed by atoms with Crippen molar-refractivity contribution in [2.45, 2.75) is 25.4 Å². The third-order valence-corrected chi connectivity index (χ3v) is 6.08. The number of nitrogens with zero attached hydrogens (tertiary/aromatic N) is 2. The van der Waals surface area contributed by atoms with Crippen LogP contribution in [-0.2, 0) is 6.54 Å². The minimum absolute atomic E-state index is 0.0704. The number of ether oxygens (including phenoxy) is 2. The van der Waals surface area contributed by atoms with Crippen LogP contribution in [0.4, 0.5) is 10.1 Å². The van der Waals surface area contributed by atoms with E-state index in [2.05, 4.69) is 4.90 Å². The molecule has 0 aliphatic carbocycles. The number of rotatable bonds is 7. The monoisotopic (exact) mass is 448 g/mol. The number of carbonyl (C=O) groups excluding carboxylic acids is 1. The fourth-order valence-corrected chi connectivity index (χ4v) is 4.37. The Bertz CT molecular complexity index is 1040. The molecule has 1 amide bonds. The average Bonchev–Trinajstić information content (AvgIpc) is 2.86. The van der Waals surface area contributed by atoms with Gasteiger partial charge in [-0.25, -0.2) is 4.39 Å². The third kappa shape index (κ3) is 5.52. The summed E-state index contributed by atoms with van der Waals surface area (Å²) in [5.74, 6) is 1.11. The number of methoxy groups -OCH3 is 2. The smallest absolute Gasteiger partial charge is 0.258 e. The van der Waals surface area contributed by atoms with E-state index in [1.165, 1.54) is 12.1 Å². The molecule has 172 valence electrons. The summed E-state index contributed by atoms with van der Waals surface area (Å²) in [4.78, 5) is 17.7. The molecule has 5 nitrogen and oxygen atoms in total. The van der Waals surface area contributed by atoms with Gasteiger partial charge in [0, 0.05) is 43.0 Å². The van der Waals surface area contributed by atoms with Gasteiger partial charge in [-0.1, -0.05) is 18.2 Å². The van der Waals surface area contributed by atoms with Crippen LogP contribution in [0.25, 0.3) is 0 Å². The van der Waals surface area contributed by atoms with Crippen molar-refractivity contribution in [1.82, 2.24) is 4.90 Å². The first-order chi connectivity index (χ1) is 16.1. The zero-order valence-electron chi connectivity index (χ0n) is 19.0. The molecule has 4 rings (SSSR count). The quantitative estimate of drug-likeness (QED) is 0.501. The first kappa shape index (κ1) is 22.8. The number of para-hydroxylation sites is 1. The van der Waals surface area contributed by atoms with Crippen molar-refractivity contribution in [3.05, 3.63) is 89.7 Å². The molecular weight excluding hydrogens is 419 g/mol. The molecule has 0 saturated carbocycles. The second kappa shape index (κ2) is 10.5. The molecule has 33 heavy (non-hydrogen) atoms. The Morgan fingerprint density at radius 2 is 1.55 bits per heavy atom. The van der Waals surface area contributed by atoms with E-state index in [1.54, 1.807) is 26.4 Å². The van der Waals surface area contributed by atoms with Gasteiger partial charge in [-0.3, -0.25) is 9.69 Å². The van der Waals surface area contributed by atoms with Crippen molar-refractivity contribution >= 4 is 11.6 Å². The van der Waals surface area contributed by atoms with Crippen LogP contribution in [0.2, 0.25) is 0 Å². The van der Waals surface area contributed by atoms with E-state index in [0.717, 1.165) is 55.2 Å². The summed E-state index contributed by atoms with van der Waals surface area (Å²) in [6.07, 6.45) is 1.70. The fourth-order valence-electron chi connectivity index (χ4n) is 4.37. The second-order valence-electron chi connectivity index (χ2n) is 8.25. The van der Waals surface area contributed by atoms with E-state index in [4.69, 9.17) is 9.47 Å². The van der Waals surface area contributed by atoms with Gasteiger partial charge in [-0.05, 0) is 66.9 Å². The molecule has 0 radical (unpaired) electrons. The highest BCUT2D eigenvalue weighted by molar-refractivity contribution is 6.06. The lowest BCUT2D eigenvalue weighted by molar-refractivity contribution is 0.0958. The number of anilines is 1. The Morgan fingerprint density at radius 1 is 0.939 bits per heavy atom. The number of carbonyl (C=O) groups is 1. The Morgan fingerprint density at radius 3 is 2.12 bits per heavy atom. The first-order valence-corrected chi connectivity index (χ1v) is 11.2. The molecule has 1 aliphatic heterocycles. The molecule has 3 aromatic rings. The molecule has 0 spiro atoms. The van der Waals surface area contributed by atoms with Crippen molar-refractivity contribution < 1.29 is 18.7 Å². The molecule has 1 heterocycles. The predicted octanol–water partition coefficient (Wildman–Crippen LogP) is 5.15. The van der Waals surface area contributed by atoms with E-state index < -0.39 is 0 Å². The normalized spacial score (nSPS) is 14.6. The van der Waals surface area contributed by atoms with Crippen LogP contribution in [0.15, 0.2) is 72.8 Å². The topological polar surface area (TPSA) is 42.0 Å². The van der Waals surface area contributed by atoms with Gasteiger partial charge in [0.15, 0.2) is 0 Å². The lowest BCUT2D eigenvalue weighted by atomic mass is 10.00. The lowest BCUT2D eigenvalue weighted by Gasteiger charge is -2.38. The van der Waals surface area contributed by atoms with Crippen molar-refractivity contribution in [1.29, 1.82) is 0 Å². The molecule has 0 unspecified atom stereocenters.